The number of rotatable bonds is 29. The Morgan fingerprint density at radius 2 is 0.337 bits per heavy atom. The van der Waals surface area contributed by atoms with E-state index in [0.717, 1.165) is 0 Å². The SMILES string of the molecule is COC[C@H]1O[C@@H]2O[C@H]3[C@H](OC)[C@@H](OC)[C@@H](O[C@H]4[C@H](OC)[C@@H](OC)[C@@H](O[C@H]5[C@H](OC)[C@@H](OC)[C@@H](O[C@H]6[C@H](OC)[C@@H](OC)[C@@H](O[C@H]7[C@@H](OC)[C@H](OC)[C@@H](O[C@H]8[C@@H](OC)[C@H](OC)[C@@H](O[C@H]1[C@H](OC)[C@H]2OC)O[C@@H]8COC)O[C@@H]7COC)O[C@@H]6CO[Si](C)(C)C(C)(C)C)O[C@@H]5COC)O[C@@H]4COC)O[C@@H]3COC. The molecule has 104 heavy (non-hydrogen) atoms. The van der Waals surface area contributed by atoms with Crippen LogP contribution >= 0.6 is 0 Å². The molecule has 0 spiro atoms. The summed E-state index contributed by atoms with van der Waals surface area (Å²) >= 11 is 0. The lowest BCUT2D eigenvalue weighted by molar-refractivity contribution is -0.402. The number of ether oxygens (including phenoxy) is 34. The van der Waals surface area contributed by atoms with Gasteiger partial charge in [-0.05, 0) is 18.1 Å². The van der Waals surface area contributed by atoms with Crippen LogP contribution in [0.5, 0.6) is 0 Å². The third-order valence-electron chi connectivity index (χ3n) is 21.4. The summed E-state index contributed by atoms with van der Waals surface area (Å²) in [5.41, 5.74) is 0. The van der Waals surface area contributed by atoms with E-state index in [2.05, 4.69) is 33.9 Å². The Balaban J connectivity index is 1.26. The van der Waals surface area contributed by atoms with E-state index in [1.54, 1.807) is 7.11 Å². The van der Waals surface area contributed by atoms with Crippen LogP contribution < -0.4 is 0 Å². The molecule has 21 heterocycles. The van der Waals surface area contributed by atoms with Crippen molar-refractivity contribution in [1.29, 1.82) is 0 Å². The van der Waals surface area contributed by atoms with Gasteiger partial charge in [-0.25, -0.2) is 0 Å². The second-order valence-corrected chi connectivity index (χ2v) is 32.9. The van der Waals surface area contributed by atoms with Gasteiger partial charge in [0.15, 0.2) is 52.3 Å². The van der Waals surface area contributed by atoms with Crippen molar-refractivity contribution in [2.24, 2.45) is 0 Å². The van der Waals surface area contributed by atoms with Crippen LogP contribution in [0.2, 0.25) is 18.1 Å². The van der Waals surface area contributed by atoms with Crippen LogP contribution in [0.4, 0.5) is 0 Å². The fourth-order valence-electron chi connectivity index (χ4n) is 15.2. The van der Waals surface area contributed by atoms with Gasteiger partial charge in [0.05, 0.1) is 46.2 Å². The summed E-state index contributed by atoms with van der Waals surface area (Å²) in [6.45, 7) is 10.5. The maximum atomic E-state index is 7.24. The third kappa shape index (κ3) is 19.4. The standard InChI is InChI=1S/C68H124O35Si/c1-68(2,3)104(24,25)89-32-39-46-53(81-16)60(88-23)67(96-39)102-45-38(31-74-9)94-65(58(86-21)52(45)80-15)100-43-36(29-72-7)92-63(56(84-19)50(43)78-13)98-41-34(27-70-5)90-61(54(82-17)48(41)76-11)97-40-33(26-69-4)91-62(55(83-18)47(40)75-10)99-42-35(28-71-6)93-64(57(85-20)49(42)77-12)101-44-37(30-73-8)95-66(103-46)59(87-22)51(44)79-14/h33-67H,26-32H2,1-25H3/t33-,34-,35-,36-,37-,38-,39-,40-,41-,42-,43-,44-,45-,46-,47+,48+,49+,50-,51+,52-,53+,54-,55-,56+,57-,58+,59-,60-,61-,62-,63-,64-,65-,66-,67-/m1/s1. The molecule has 0 aliphatic carbocycles. The van der Waals surface area contributed by atoms with Gasteiger partial charge in [-0.15, -0.1) is 0 Å². The molecule has 35 nitrogen and oxygen atoms in total. The lowest BCUT2D eigenvalue weighted by atomic mass is 9.94. The van der Waals surface area contributed by atoms with Gasteiger partial charge in [-0.3, -0.25) is 0 Å². The molecular formula is C68H124O35Si. The van der Waals surface area contributed by atoms with Crippen molar-refractivity contribution in [3.63, 3.8) is 0 Å². The minimum atomic E-state index is -2.55. The molecule has 35 atom stereocenters. The second kappa shape index (κ2) is 41.6. The lowest BCUT2D eigenvalue weighted by Gasteiger charge is -2.52. The van der Waals surface area contributed by atoms with Gasteiger partial charge in [-0.2, -0.15) is 0 Å². The molecule has 0 saturated carbocycles. The summed E-state index contributed by atoms with van der Waals surface area (Å²) in [7, 11) is 27.9. The highest BCUT2D eigenvalue weighted by molar-refractivity contribution is 6.74. The van der Waals surface area contributed by atoms with Gasteiger partial charge in [-0.1, -0.05) is 20.8 Å². The Hall–Kier alpha value is -1.18. The monoisotopic (exact) mass is 1530 g/mol. The van der Waals surface area contributed by atoms with Crippen molar-refractivity contribution in [3.05, 3.63) is 0 Å². The van der Waals surface area contributed by atoms with Crippen LogP contribution in [-0.2, 0) is 165 Å². The zero-order valence-corrected chi connectivity index (χ0v) is 66.4. The van der Waals surface area contributed by atoms with Crippen LogP contribution in [0.3, 0.4) is 0 Å². The first kappa shape index (κ1) is 88.4. The quantitative estimate of drug-likeness (QED) is 0.0938. The first-order chi connectivity index (χ1) is 50.1. The van der Waals surface area contributed by atoms with E-state index >= 15 is 0 Å². The number of hydrogen-bond acceptors (Lipinski definition) is 35. The highest BCUT2D eigenvalue weighted by atomic mass is 28.4. The molecular weight excluding hydrogens is 1400 g/mol. The lowest BCUT2D eigenvalue weighted by Crippen LogP contribution is -2.69. The number of hydrogen-bond donors (Lipinski definition) is 0. The van der Waals surface area contributed by atoms with Gasteiger partial charge in [0.2, 0.25) is 0 Å². The molecule has 14 bridgehead atoms. The van der Waals surface area contributed by atoms with Crippen molar-refractivity contribution < 1.29 is 165 Å². The maximum Gasteiger partial charge on any atom is 0.192 e. The summed E-state index contributed by atoms with van der Waals surface area (Å²) < 4.78 is 230. The Morgan fingerprint density at radius 1 is 0.202 bits per heavy atom. The molecule has 21 aliphatic heterocycles. The predicted molar refractivity (Wildman–Crippen MR) is 360 cm³/mol. The largest absolute Gasteiger partial charge is 0.414 e. The van der Waals surface area contributed by atoms with E-state index in [1.807, 2.05) is 0 Å². The van der Waals surface area contributed by atoms with Gasteiger partial charge in [0, 0.05) is 142 Å². The summed E-state index contributed by atoms with van der Waals surface area (Å²) in [4.78, 5) is 0. The molecule has 0 amide bonds. The van der Waals surface area contributed by atoms with E-state index in [-0.39, 0.29) is 51.3 Å². The topological polar surface area (TPSA) is 323 Å². The fourth-order valence-corrected chi connectivity index (χ4v) is 16.2. The van der Waals surface area contributed by atoms with Gasteiger partial charge in [0.1, 0.15) is 171 Å². The normalized spacial score (nSPS) is 44.5. The molecule has 0 aromatic carbocycles. The van der Waals surface area contributed by atoms with Crippen molar-refractivity contribution in [2.75, 3.05) is 188 Å². The summed E-state index contributed by atoms with van der Waals surface area (Å²) in [6, 6.07) is 0. The molecule has 36 heteroatoms. The molecule has 0 unspecified atom stereocenters. The summed E-state index contributed by atoms with van der Waals surface area (Å²) in [5.74, 6) is 0. The Labute approximate surface area is 614 Å². The molecule has 0 aromatic rings. The van der Waals surface area contributed by atoms with Crippen LogP contribution in [0.15, 0.2) is 0 Å². The average molecular weight is 1530 g/mol. The molecule has 21 rings (SSSR count). The number of methoxy groups -OCH3 is 20. The Bertz CT molecular complexity index is 2400. The Morgan fingerprint density at radius 3 is 0.452 bits per heavy atom. The van der Waals surface area contributed by atoms with E-state index in [0.29, 0.717) is 0 Å². The van der Waals surface area contributed by atoms with Crippen LogP contribution in [-0.4, -0.2) is 412 Å². The van der Waals surface area contributed by atoms with Crippen LogP contribution in [0.25, 0.3) is 0 Å². The van der Waals surface area contributed by atoms with Crippen molar-refractivity contribution in [3.8, 4) is 0 Å². The van der Waals surface area contributed by atoms with Crippen molar-refractivity contribution in [2.45, 2.75) is 254 Å². The average Bonchev–Trinajstić information content (AvgIpc) is 0.768. The van der Waals surface area contributed by atoms with E-state index in [4.69, 9.17) is 165 Å². The van der Waals surface area contributed by atoms with E-state index in [9.17, 15) is 0 Å². The van der Waals surface area contributed by atoms with E-state index in [1.165, 1.54) is 135 Å². The molecule has 0 radical (unpaired) electrons. The van der Waals surface area contributed by atoms with Crippen molar-refractivity contribution >= 4 is 8.32 Å². The Kier molecular flexibility index (Phi) is 35.3. The first-order valence-corrected chi connectivity index (χ1v) is 38.1. The van der Waals surface area contributed by atoms with Crippen molar-refractivity contribution in [1.82, 2.24) is 0 Å². The molecule has 21 saturated heterocycles. The summed E-state index contributed by atoms with van der Waals surface area (Å²) in [6.07, 6.45) is -36.3. The second-order valence-electron chi connectivity index (χ2n) is 28.1. The van der Waals surface area contributed by atoms with Gasteiger partial charge < -0.3 is 165 Å². The van der Waals surface area contributed by atoms with Gasteiger partial charge >= 0.3 is 0 Å². The van der Waals surface area contributed by atoms with Crippen LogP contribution in [0, 0.1) is 0 Å². The maximum absolute atomic E-state index is 7.24. The van der Waals surface area contributed by atoms with Crippen LogP contribution in [0.1, 0.15) is 20.8 Å². The molecule has 21 aliphatic rings. The molecule has 0 aromatic heterocycles. The highest BCUT2D eigenvalue weighted by Crippen LogP contribution is 2.44. The first-order valence-electron chi connectivity index (χ1n) is 35.2. The third-order valence-corrected chi connectivity index (χ3v) is 25.9. The minimum absolute atomic E-state index is 0.0000827. The zero-order valence-electron chi connectivity index (χ0n) is 65.4. The minimum Gasteiger partial charge on any atom is -0.414 e. The zero-order chi connectivity index (χ0) is 75.9. The molecule has 610 valence electrons. The summed E-state index contributed by atoms with van der Waals surface area (Å²) in [5, 5.41) is -0.229. The van der Waals surface area contributed by atoms with E-state index < -0.39 is 223 Å². The predicted octanol–water partition coefficient (Wildman–Crippen LogP) is 0.881. The van der Waals surface area contributed by atoms with Gasteiger partial charge in [0.25, 0.3) is 0 Å². The highest BCUT2D eigenvalue weighted by Gasteiger charge is 2.62. The molecule has 0 N–H and O–H groups in total. The smallest absolute Gasteiger partial charge is 0.192 e. The molecule has 21 fully saturated rings. The fraction of sp³-hybridized carbons (Fsp3) is 1.00.